The Morgan fingerprint density at radius 1 is 1.88 bits per heavy atom. The van der Waals surface area contributed by atoms with Gasteiger partial charge in [0.25, 0.3) is 0 Å². The second-order valence-corrected chi connectivity index (χ2v) is 2.12. The Balaban J connectivity index is 3.25. The molecule has 8 heavy (non-hydrogen) atoms. The molecule has 48 valence electrons. The first kappa shape index (κ1) is 7.92. The number of halogens is 1. The molecule has 3 heteroatoms. The summed E-state index contributed by atoms with van der Waals surface area (Å²) in [5.41, 5.74) is 5.29. The van der Waals surface area contributed by atoms with Crippen molar-refractivity contribution in [2.45, 2.75) is 19.4 Å². The monoisotopic (exact) mass is 135 g/mol. The Hall–Kier alpha value is -0.0800. The van der Waals surface area contributed by atoms with Crippen molar-refractivity contribution in [3.63, 3.8) is 0 Å². The fourth-order valence-electron chi connectivity index (χ4n) is 0.414. The van der Waals surface area contributed by atoms with Gasteiger partial charge in [-0.1, -0.05) is 0 Å². The Morgan fingerprint density at radius 2 is 2.38 bits per heavy atom. The van der Waals surface area contributed by atoms with Gasteiger partial charge in [-0.05, 0) is 6.92 Å². The Labute approximate surface area is 54.0 Å². The van der Waals surface area contributed by atoms with E-state index in [1.54, 1.807) is 6.92 Å². The quantitative estimate of drug-likeness (QED) is 0.574. The number of rotatable bonds is 3. The zero-order valence-corrected chi connectivity index (χ0v) is 5.61. The fraction of sp³-hybridized carbons (Fsp3) is 0.800. The van der Waals surface area contributed by atoms with E-state index in [1.807, 2.05) is 0 Å². The van der Waals surface area contributed by atoms with Crippen LogP contribution in [0.2, 0.25) is 0 Å². The van der Waals surface area contributed by atoms with Crippen molar-refractivity contribution in [3.05, 3.63) is 0 Å². The smallest absolute Gasteiger partial charge is 0.149 e. The topological polar surface area (TPSA) is 43.1 Å². The fourth-order valence-corrected chi connectivity index (χ4v) is 0.523. The van der Waals surface area contributed by atoms with Crippen molar-refractivity contribution in [2.75, 3.05) is 5.88 Å². The third-order valence-electron chi connectivity index (χ3n) is 0.699. The van der Waals surface area contributed by atoms with Gasteiger partial charge in [-0.15, -0.1) is 11.6 Å². The summed E-state index contributed by atoms with van der Waals surface area (Å²) in [7, 11) is 0. The summed E-state index contributed by atoms with van der Waals surface area (Å²) in [6, 6.07) is -0.0544. The van der Waals surface area contributed by atoms with Crippen molar-refractivity contribution >= 4 is 17.4 Å². The highest BCUT2D eigenvalue weighted by Gasteiger charge is 2.01. The van der Waals surface area contributed by atoms with Gasteiger partial charge in [0.2, 0.25) is 0 Å². The minimum Gasteiger partial charge on any atom is -0.328 e. The van der Waals surface area contributed by atoms with Crippen LogP contribution >= 0.6 is 11.6 Å². The number of carbonyl (C=O) groups is 1. The van der Waals surface area contributed by atoms with Crippen LogP contribution in [0.5, 0.6) is 0 Å². The van der Waals surface area contributed by atoms with Crippen LogP contribution in [0.1, 0.15) is 13.3 Å². The van der Waals surface area contributed by atoms with Gasteiger partial charge in [0, 0.05) is 12.5 Å². The van der Waals surface area contributed by atoms with Crippen LogP contribution in [0, 0.1) is 0 Å². The lowest BCUT2D eigenvalue weighted by atomic mass is 10.2. The predicted molar refractivity (Wildman–Crippen MR) is 34.0 cm³/mol. The maximum absolute atomic E-state index is 10.4. The minimum atomic E-state index is -0.0544. The summed E-state index contributed by atoms with van der Waals surface area (Å²) in [5, 5.41) is 0. The van der Waals surface area contributed by atoms with Gasteiger partial charge < -0.3 is 5.73 Å². The van der Waals surface area contributed by atoms with Crippen molar-refractivity contribution < 1.29 is 4.79 Å². The van der Waals surface area contributed by atoms with E-state index < -0.39 is 0 Å². The molecule has 0 fully saturated rings. The highest BCUT2D eigenvalue weighted by Crippen LogP contribution is 1.89. The predicted octanol–water partition coefficient (Wildman–Crippen LogP) is 0.532. The zero-order chi connectivity index (χ0) is 6.57. The molecule has 0 heterocycles. The number of alkyl halides is 1. The van der Waals surface area contributed by atoms with Gasteiger partial charge in [0.05, 0.1) is 5.88 Å². The Kier molecular flexibility index (Phi) is 3.83. The summed E-state index contributed by atoms with van der Waals surface area (Å²) in [4.78, 5) is 10.4. The number of hydrogen-bond acceptors (Lipinski definition) is 2. The normalized spacial score (nSPS) is 13.4. The van der Waals surface area contributed by atoms with E-state index in [0.717, 1.165) is 0 Å². The van der Waals surface area contributed by atoms with Crippen molar-refractivity contribution in [2.24, 2.45) is 5.73 Å². The average molecular weight is 136 g/mol. The molecule has 2 N–H and O–H groups in total. The molecule has 0 radical (unpaired) electrons. The molecule has 0 saturated carbocycles. The Bertz CT molecular complexity index is 82.5. The molecule has 0 saturated heterocycles. The van der Waals surface area contributed by atoms with Crippen molar-refractivity contribution in [1.29, 1.82) is 0 Å². The molecule has 0 aliphatic heterocycles. The maximum atomic E-state index is 10.4. The first-order chi connectivity index (χ1) is 3.66. The molecule has 0 unspecified atom stereocenters. The molecule has 0 aliphatic rings. The molecule has 1 atom stereocenters. The number of carbonyl (C=O) groups excluding carboxylic acids is 1. The molecule has 0 bridgehead atoms. The number of Topliss-reactive ketones (excluding diaryl/α,β-unsaturated/α-hetero) is 1. The molecule has 0 aromatic rings. The first-order valence-electron chi connectivity index (χ1n) is 2.50. The van der Waals surface area contributed by atoms with Gasteiger partial charge in [0.15, 0.2) is 0 Å². The molecule has 2 nitrogen and oxygen atoms in total. The van der Waals surface area contributed by atoms with E-state index in [-0.39, 0.29) is 17.7 Å². The van der Waals surface area contributed by atoms with Crippen molar-refractivity contribution in [1.82, 2.24) is 0 Å². The van der Waals surface area contributed by atoms with E-state index >= 15 is 0 Å². The number of ketones is 1. The van der Waals surface area contributed by atoms with E-state index in [4.69, 9.17) is 17.3 Å². The summed E-state index contributed by atoms with van der Waals surface area (Å²) in [6.45, 7) is 1.78. The van der Waals surface area contributed by atoms with Crippen LogP contribution in [0.25, 0.3) is 0 Å². The van der Waals surface area contributed by atoms with E-state index in [1.165, 1.54) is 0 Å². The molecular formula is C5H10ClNO. The maximum Gasteiger partial charge on any atom is 0.149 e. The Morgan fingerprint density at radius 3 is 2.50 bits per heavy atom. The third kappa shape index (κ3) is 4.09. The molecule has 0 aromatic carbocycles. The summed E-state index contributed by atoms with van der Waals surface area (Å²) in [6.07, 6.45) is 0.392. The molecule has 0 amide bonds. The third-order valence-corrected chi connectivity index (χ3v) is 0.997. The van der Waals surface area contributed by atoms with E-state index in [2.05, 4.69) is 0 Å². The average Bonchev–Trinajstić information content (AvgIpc) is 1.65. The lowest BCUT2D eigenvalue weighted by Crippen LogP contribution is -2.19. The van der Waals surface area contributed by atoms with Gasteiger partial charge in [-0.2, -0.15) is 0 Å². The van der Waals surface area contributed by atoms with Gasteiger partial charge in [-0.3, -0.25) is 4.79 Å². The second kappa shape index (κ2) is 3.87. The first-order valence-corrected chi connectivity index (χ1v) is 3.03. The van der Waals surface area contributed by atoms with Crippen LogP contribution in [0.3, 0.4) is 0 Å². The SMILES string of the molecule is C[C@H](N)CC(=O)CCl. The van der Waals surface area contributed by atoms with Crippen LogP contribution in [0.15, 0.2) is 0 Å². The highest BCUT2D eigenvalue weighted by atomic mass is 35.5. The number of hydrogen-bond donors (Lipinski definition) is 1. The summed E-state index contributed by atoms with van der Waals surface area (Å²) < 4.78 is 0. The van der Waals surface area contributed by atoms with Crippen LogP contribution in [-0.2, 0) is 4.79 Å². The van der Waals surface area contributed by atoms with Crippen molar-refractivity contribution in [3.8, 4) is 0 Å². The standard InChI is InChI=1S/C5H10ClNO/c1-4(7)2-5(8)3-6/h4H,2-3,7H2,1H3/t4-/m0/s1. The highest BCUT2D eigenvalue weighted by molar-refractivity contribution is 6.27. The molecular weight excluding hydrogens is 126 g/mol. The van der Waals surface area contributed by atoms with Gasteiger partial charge >= 0.3 is 0 Å². The summed E-state index contributed by atoms with van der Waals surface area (Å²) in [5.74, 6) is 0.100. The van der Waals surface area contributed by atoms with Crippen LogP contribution in [0.4, 0.5) is 0 Å². The van der Waals surface area contributed by atoms with Crippen LogP contribution < -0.4 is 5.73 Å². The van der Waals surface area contributed by atoms with Gasteiger partial charge in [-0.25, -0.2) is 0 Å². The molecule has 0 spiro atoms. The summed E-state index contributed by atoms with van der Waals surface area (Å²) >= 11 is 5.19. The molecule has 0 aliphatic carbocycles. The zero-order valence-electron chi connectivity index (χ0n) is 4.86. The molecule has 0 aromatic heterocycles. The number of nitrogens with two attached hydrogens (primary N) is 1. The lowest BCUT2D eigenvalue weighted by Gasteiger charge is -1.98. The minimum absolute atomic E-state index is 0.0154. The van der Waals surface area contributed by atoms with E-state index in [0.29, 0.717) is 6.42 Å². The largest absolute Gasteiger partial charge is 0.328 e. The van der Waals surface area contributed by atoms with E-state index in [9.17, 15) is 4.79 Å². The van der Waals surface area contributed by atoms with Gasteiger partial charge in [0.1, 0.15) is 5.78 Å². The molecule has 0 rings (SSSR count). The van der Waals surface area contributed by atoms with Crippen LogP contribution in [-0.4, -0.2) is 17.7 Å². The second-order valence-electron chi connectivity index (χ2n) is 1.85. The lowest BCUT2D eigenvalue weighted by molar-refractivity contribution is -0.116.